The molecule has 0 aliphatic carbocycles. The van der Waals surface area contributed by atoms with E-state index >= 15 is 0 Å². The van der Waals surface area contributed by atoms with Crippen LogP contribution in [-0.4, -0.2) is 17.4 Å². The largest absolute Gasteiger partial charge is 0.477 e. The maximum absolute atomic E-state index is 13.2. The molecule has 4 nitrogen and oxygen atoms in total. The van der Waals surface area contributed by atoms with E-state index in [0.29, 0.717) is 36.3 Å². The van der Waals surface area contributed by atoms with Gasteiger partial charge in [-0.15, -0.1) is 0 Å². The Hall–Kier alpha value is -3.08. The Balaban J connectivity index is 1.39. The Morgan fingerprint density at radius 3 is 2.48 bits per heavy atom. The molecule has 0 amide bonds. The molecular weight excluding hydrogens is 434 g/mol. The number of benzene rings is 3. The van der Waals surface area contributed by atoms with E-state index in [1.54, 1.807) is 0 Å². The first-order chi connectivity index (χ1) is 15.9. The van der Waals surface area contributed by atoms with Crippen molar-refractivity contribution in [1.29, 1.82) is 0 Å². The maximum atomic E-state index is 13.2. The first kappa shape index (κ1) is 21.7. The minimum atomic E-state index is -0.0846. The van der Waals surface area contributed by atoms with Gasteiger partial charge in [0.25, 0.3) is 0 Å². The number of nitrogens with zero attached hydrogens (tertiary/aromatic N) is 1. The number of ketones is 1. The summed E-state index contributed by atoms with van der Waals surface area (Å²) < 4.78 is 12.1. The Bertz CT molecular complexity index is 1240. The lowest BCUT2D eigenvalue weighted by molar-refractivity contribution is 0.0876. The maximum Gasteiger partial charge on any atom is 0.231 e. The van der Waals surface area contributed by atoms with Crippen LogP contribution in [0.4, 0.5) is 0 Å². The van der Waals surface area contributed by atoms with Crippen molar-refractivity contribution in [2.24, 2.45) is 0 Å². The molecule has 0 spiro atoms. The van der Waals surface area contributed by atoms with Crippen molar-refractivity contribution in [2.75, 3.05) is 6.73 Å². The smallest absolute Gasteiger partial charge is 0.231 e. The van der Waals surface area contributed by atoms with Crippen molar-refractivity contribution >= 4 is 23.5 Å². The zero-order valence-electron chi connectivity index (χ0n) is 19.0. The van der Waals surface area contributed by atoms with Gasteiger partial charge in [0.1, 0.15) is 18.2 Å². The topological polar surface area (TPSA) is 38.8 Å². The van der Waals surface area contributed by atoms with Crippen LogP contribution in [0.15, 0.2) is 60.4 Å². The number of rotatable bonds is 4. The number of allylic oxidation sites excluding steroid dienone is 1. The van der Waals surface area contributed by atoms with E-state index in [0.717, 1.165) is 39.6 Å². The number of hydrogen-bond acceptors (Lipinski definition) is 4. The first-order valence-corrected chi connectivity index (χ1v) is 11.6. The van der Waals surface area contributed by atoms with Crippen LogP contribution in [-0.2, 0) is 13.1 Å². The number of carbonyl (C=O) groups is 1. The number of carbonyl (C=O) groups excluding carboxylic acids is 1. The highest BCUT2D eigenvalue weighted by atomic mass is 35.5. The molecule has 3 aromatic rings. The predicted octanol–water partition coefficient (Wildman–Crippen LogP) is 6.74. The number of halogens is 1. The third kappa shape index (κ3) is 4.29. The minimum absolute atomic E-state index is 0.0846. The normalized spacial score (nSPS) is 16.5. The highest BCUT2D eigenvalue weighted by Crippen LogP contribution is 2.43. The van der Waals surface area contributed by atoms with Crippen molar-refractivity contribution in [3.8, 4) is 11.5 Å². The Labute approximate surface area is 199 Å². The summed E-state index contributed by atoms with van der Waals surface area (Å²) >= 11 is 6.00. The molecule has 2 aliphatic heterocycles. The highest BCUT2D eigenvalue weighted by Gasteiger charge is 2.33. The standard InChI is InChI=1S/C28H26ClNO3/c1-17(2)21-8-4-19(5-9-21)12-25-26(31)24-13-22-15-30(14-20-6-10-23(29)11-7-20)16-32-27(22)18(3)28(24)33-25/h4-13,17H,14-16H2,1-3H3/b25-12-. The summed E-state index contributed by atoms with van der Waals surface area (Å²) in [6.07, 6.45) is 1.82. The molecule has 168 valence electrons. The van der Waals surface area contributed by atoms with Gasteiger partial charge in [0.05, 0.1) is 5.56 Å². The van der Waals surface area contributed by atoms with Crippen molar-refractivity contribution in [3.63, 3.8) is 0 Å². The molecule has 0 aromatic heterocycles. The molecule has 3 aromatic carbocycles. The first-order valence-electron chi connectivity index (χ1n) is 11.2. The quantitative estimate of drug-likeness (QED) is 0.405. The van der Waals surface area contributed by atoms with E-state index in [1.165, 1.54) is 5.56 Å². The predicted molar refractivity (Wildman–Crippen MR) is 131 cm³/mol. The summed E-state index contributed by atoms with van der Waals surface area (Å²) in [4.78, 5) is 15.4. The van der Waals surface area contributed by atoms with E-state index in [9.17, 15) is 4.79 Å². The SMILES string of the molecule is Cc1c2c(cc3c1O/C(=C\c1ccc(C(C)C)cc1)C3=O)CN(Cc1ccc(Cl)cc1)CO2. The molecule has 0 atom stereocenters. The van der Waals surface area contributed by atoms with Gasteiger partial charge in [-0.3, -0.25) is 9.69 Å². The van der Waals surface area contributed by atoms with Gasteiger partial charge in [-0.05, 0) is 53.8 Å². The van der Waals surface area contributed by atoms with Gasteiger partial charge in [-0.1, -0.05) is 61.8 Å². The lowest BCUT2D eigenvalue weighted by Gasteiger charge is -2.30. The molecule has 0 unspecified atom stereocenters. The van der Waals surface area contributed by atoms with E-state index in [4.69, 9.17) is 21.1 Å². The fourth-order valence-electron chi connectivity index (χ4n) is 4.37. The second-order valence-electron chi connectivity index (χ2n) is 9.01. The fourth-order valence-corrected chi connectivity index (χ4v) is 4.50. The molecule has 5 heteroatoms. The second-order valence-corrected chi connectivity index (χ2v) is 9.45. The summed E-state index contributed by atoms with van der Waals surface area (Å²) in [6, 6.07) is 18.0. The van der Waals surface area contributed by atoms with Crippen molar-refractivity contribution < 1.29 is 14.3 Å². The summed E-state index contributed by atoms with van der Waals surface area (Å²) in [5.41, 5.74) is 5.86. The summed E-state index contributed by atoms with van der Waals surface area (Å²) in [5, 5.41) is 0.725. The summed E-state index contributed by atoms with van der Waals surface area (Å²) in [7, 11) is 0. The van der Waals surface area contributed by atoms with Gasteiger partial charge >= 0.3 is 0 Å². The molecule has 0 N–H and O–H groups in total. The Morgan fingerprint density at radius 2 is 1.79 bits per heavy atom. The van der Waals surface area contributed by atoms with E-state index in [-0.39, 0.29) is 5.78 Å². The van der Waals surface area contributed by atoms with E-state index in [2.05, 4.69) is 30.9 Å². The van der Waals surface area contributed by atoms with Crippen molar-refractivity contribution in [3.05, 3.63) is 98.8 Å². The van der Waals surface area contributed by atoms with Crippen LogP contribution in [0.5, 0.6) is 11.5 Å². The van der Waals surface area contributed by atoms with Crippen LogP contribution in [0.2, 0.25) is 5.02 Å². The number of ether oxygens (including phenoxy) is 2. The molecule has 0 bridgehead atoms. The van der Waals surface area contributed by atoms with Crippen molar-refractivity contribution in [1.82, 2.24) is 4.90 Å². The van der Waals surface area contributed by atoms with Crippen LogP contribution < -0.4 is 9.47 Å². The van der Waals surface area contributed by atoms with E-state index in [1.807, 2.05) is 55.5 Å². The molecule has 0 fully saturated rings. The fraction of sp³-hybridized carbons (Fsp3) is 0.250. The van der Waals surface area contributed by atoms with Crippen LogP contribution in [0, 0.1) is 6.92 Å². The Morgan fingerprint density at radius 1 is 1.06 bits per heavy atom. The van der Waals surface area contributed by atoms with Gasteiger partial charge in [0, 0.05) is 29.2 Å². The third-order valence-corrected chi connectivity index (χ3v) is 6.47. The zero-order valence-corrected chi connectivity index (χ0v) is 19.8. The van der Waals surface area contributed by atoms with Crippen LogP contribution in [0.3, 0.4) is 0 Å². The monoisotopic (exact) mass is 459 g/mol. The average Bonchev–Trinajstić information content (AvgIpc) is 3.11. The van der Waals surface area contributed by atoms with Crippen LogP contribution in [0.1, 0.15) is 57.9 Å². The third-order valence-electron chi connectivity index (χ3n) is 6.22. The zero-order chi connectivity index (χ0) is 23.1. The molecule has 5 rings (SSSR count). The van der Waals surface area contributed by atoms with Gasteiger partial charge in [0.2, 0.25) is 5.78 Å². The number of Topliss-reactive ketones (excluding diaryl/α,β-unsaturated/α-hetero) is 1. The number of hydrogen-bond donors (Lipinski definition) is 0. The van der Waals surface area contributed by atoms with Gasteiger partial charge in [-0.25, -0.2) is 0 Å². The lowest BCUT2D eigenvalue weighted by Crippen LogP contribution is -2.32. The second kappa shape index (κ2) is 8.69. The lowest BCUT2D eigenvalue weighted by atomic mass is 9.99. The van der Waals surface area contributed by atoms with Gasteiger partial charge < -0.3 is 9.47 Å². The molecule has 33 heavy (non-hydrogen) atoms. The molecule has 0 saturated carbocycles. The minimum Gasteiger partial charge on any atom is -0.477 e. The summed E-state index contributed by atoms with van der Waals surface area (Å²) in [5.74, 6) is 2.16. The average molecular weight is 460 g/mol. The van der Waals surface area contributed by atoms with E-state index < -0.39 is 0 Å². The molecule has 0 saturated heterocycles. The summed E-state index contributed by atoms with van der Waals surface area (Å²) in [6.45, 7) is 8.21. The Kier molecular flexibility index (Phi) is 5.73. The number of fused-ring (bicyclic) bond motifs is 2. The highest BCUT2D eigenvalue weighted by molar-refractivity contribution is 6.30. The van der Waals surface area contributed by atoms with Gasteiger partial charge in [0.15, 0.2) is 5.76 Å². The van der Waals surface area contributed by atoms with Crippen molar-refractivity contribution in [2.45, 2.75) is 39.8 Å². The molecular formula is C28H26ClNO3. The molecule has 2 heterocycles. The van der Waals surface area contributed by atoms with Crippen LogP contribution >= 0.6 is 11.6 Å². The van der Waals surface area contributed by atoms with Gasteiger partial charge in [-0.2, -0.15) is 0 Å². The van der Waals surface area contributed by atoms with Crippen LogP contribution in [0.25, 0.3) is 6.08 Å². The molecule has 0 radical (unpaired) electrons. The molecule has 2 aliphatic rings.